The van der Waals surface area contributed by atoms with E-state index in [1.165, 1.54) is 5.56 Å². The molecule has 2 aliphatic heterocycles. The Morgan fingerprint density at radius 1 is 1.00 bits per heavy atom. The van der Waals surface area contributed by atoms with E-state index >= 15 is 0 Å². The van der Waals surface area contributed by atoms with Gasteiger partial charge in [-0.05, 0) is 48.6 Å². The maximum Gasteiger partial charge on any atom is 0.453 e. The number of anilines is 1. The molecule has 0 saturated carbocycles. The molecule has 0 unspecified atom stereocenters. The van der Waals surface area contributed by atoms with E-state index in [1.807, 2.05) is 24.3 Å². The molecular weight excluding hydrogens is 447 g/mol. The van der Waals surface area contributed by atoms with E-state index < -0.39 is 12.0 Å². The molecule has 3 aromatic rings. The number of hydrogen-bond acceptors (Lipinski definition) is 6. The molecule has 1 amide bonds. The molecule has 0 bridgehead atoms. The maximum absolute atomic E-state index is 13.2. The third-order valence-corrected chi connectivity index (χ3v) is 6.14. The molecule has 4 heterocycles. The van der Waals surface area contributed by atoms with Gasteiger partial charge in [-0.25, -0.2) is 0 Å². The molecule has 1 aromatic carbocycles. The molecule has 1 N–H and O–H groups in total. The van der Waals surface area contributed by atoms with Gasteiger partial charge in [-0.1, -0.05) is 18.2 Å². The molecule has 0 radical (unpaired) electrons. The van der Waals surface area contributed by atoms with Gasteiger partial charge in [0.2, 0.25) is 0 Å². The van der Waals surface area contributed by atoms with E-state index in [1.54, 1.807) is 24.4 Å². The number of nitrogens with zero attached hydrogens (tertiary/aromatic N) is 6. The predicted octanol–water partition coefficient (Wildman–Crippen LogP) is 3.93. The minimum Gasteiger partial charge on any atom is -0.359 e. The van der Waals surface area contributed by atoms with Crippen LogP contribution in [0.5, 0.6) is 0 Å². The number of amides is 1. The van der Waals surface area contributed by atoms with Gasteiger partial charge in [0.25, 0.3) is 11.7 Å². The van der Waals surface area contributed by atoms with Gasteiger partial charge in [0.15, 0.2) is 5.82 Å². The first-order valence-corrected chi connectivity index (χ1v) is 11.0. The van der Waals surface area contributed by atoms with Crippen LogP contribution in [0.1, 0.15) is 52.9 Å². The number of nitrogens with one attached hydrogen (secondary N) is 1. The Hall–Kier alpha value is -3.76. The standard InChI is InChI=1S/C23H22F3N7O/c24-23(25,26)22-30-29-19-8-9-20(31-33(19)22)32-13-10-16(11-14-32)15-4-6-17(7-5-15)28-21(34)18-3-1-2-12-27-18/h1-7,12,16H,8-11,13-14H2,(H,28,34). The summed E-state index contributed by atoms with van der Waals surface area (Å²) >= 11 is 0. The highest BCUT2D eigenvalue weighted by Crippen LogP contribution is 2.32. The quantitative estimate of drug-likeness (QED) is 0.628. The summed E-state index contributed by atoms with van der Waals surface area (Å²) in [6, 6.07) is 12.9. The summed E-state index contributed by atoms with van der Waals surface area (Å²) in [5, 5.41) is 14.0. The Labute approximate surface area is 193 Å². The number of hydrogen-bond donors (Lipinski definition) is 1. The second-order valence-electron chi connectivity index (χ2n) is 8.32. The lowest BCUT2D eigenvalue weighted by atomic mass is 9.89. The van der Waals surface area contributed by atoms with Crippen LogP contribution in [0.2, 0.25) is 0 Å². The van der Waals surface area contributed by atoms with Crippen molar-refractivity contribution in [3.05, 3.63) is 71.6 Å². The molecule has 2 aromatic heterocycles. The van der Waals surface area contributed by atoms with Crippen LogP contribution in [-0.2, 0) is 12.6 Å². The normalized spacial score (nSPS) is 16.7. The number of alkyl halides is 3. The fourth-order valence-electron chi connectivity index (χ4n) is 4.36. The zero-order valence-corrected chi connectivity index (χ0v) is 18.2. The van der Waals surface area contributed by atoms with Crippen LogP contribution >= 0.6 is 0 Å². The number of benzene rings is 1. The van der Waals surface area contributed by atoms with Gasteiger partial charge in [-0.2, -0.15) is 22.9 Å². The average molecular weight is 469 g/mol. The number of carbonyl (C=O) groups is 1. The number of carbonyl (C=O) groups excluding carboxylic acids is 1. The number of fused-ring (bicyclic) bond motifs is 1. The highest BCUT2D eigenvalue weighted by Gasteiger charge is 2.40. The van der Waals surface area contributed by atoms with Crippen LogP contribution in [0.25, 0.3) is 0 Å². The van der Waals surface area contributed by atoms with E-state index in [-0.39, 0.29) is 11.7 Å². The minimum absolute atomic E-state index is 0.237. The number of likely N-dealkylation sites (tertiary alicyclic amines) is 1. The molecule has 2 aliphatic rings. The Morgan fingerprint density at radius 3 is 2.44 bits per heavy atom. The van der Waals surface area contributed by atoms with Crippen LogP contribution in [0.3, 0.4) is 0 Å². The van der Waals surface area contributed by atoms with Crippen LogP contribution in [0.4, 0.5) is 18.9 Å². The van der Waals surface area contributed by atoms with E-state index in [4.69, 9.17) is 0 Å². The summed E-state index contributed by atoms with van der Waals surface area (Å²) in [4.78, 5) is 18.4. The maximum atomic E-state index is 13.2. The van der Waals surface area contributed by atoms with Gasteiger partial charge >= 0.3 is 6.18 Å². The van der Waals surface area contributed by atoms with Gasteiger partial charge < -0.3 is 10.2 Å². The van der Waals surface area contributed by atoms with Crippen molar-refractivity contribution in [1.29, 1.82) is 0 Å². The molecule has 5 rings (SSSR count). The van der Waals surface area contributed by atoms with Crippen LogP contribution in [0.15, 0.2) is 53.8 Å². The van der Waals surface area contributed by atoms with Crippen molar-refractivity contribution in [3.63, 3.8) is 0 Å². The molecule has 11 heteroatoms. The average Bonchev–Trinajstić information content (AvgIpc) is 3.29. The number of aromatic nitrogens is 4. The van der Waals surface area contributed by atoms with E-state index in [2.05, 4.69) is 30.5 Å². The van der Waals surface area contributed by atoms with Crippen molar-refractivity contribution in [3.8, 4) is 0 Å². The van der Waals surface area contributed by atoms with Crippen molar-refractivity contribution in [2.45, 2.75) is 37.8 Å². The summed E-state index contributed by atoms with van der Waals surface area (Å²) in [5.41, 5.74) is 2.21. The second kappa shape index (κ2) is 8.88. The first-order chi connectivity index (χ1) is 16.4. The van der Waals surface area contributed by atoms with E-state index in [9.17, 15) is 18.0 Å². The number of aryl methyl sites for hydroxylation is 1. The fraction of sp³-hybridized carbons (Fsp3) is 0.348. The number of halogens is 3. The Kier molecular flexibility index (Phi) is 5.76. The summed E-state index contributed by atoms with van der Waals surface area (Å²) in [7, 11) is 0. The Balaban J connectivity index is 1.20. The smallest absolute Gasteiger partial charge is 0.359 e. The SMILES string of the molecule is O=C(Nc1ccc(C2CCN(C3=Nn4c(nnc4C(F)(F)F)CC3)CC2)cc1)c1ccccn1. The predicted molar refractivity (Wildman–Crippen MR) is 118 cm³/mol. The molecule has 0 aliphatic carbocycles. The number of amidine groups is 1. The topological polar surface area (TPSA) is 88.3 Å². The third-order valence-electron chi connectivity index (χ3n) is 6.14. The van der Waals surface area contributed by atoms with Crippen molar-refractivity contribution >= 4 is 17.4 Å². The first kappa shape index (κ1) is 22.1. The lowest BCUT2D eigenvalue weighted by Gasteiger charge is -2.35. The van der Waals surface area contributed by atoms with Crippen LogP contribution in [-0.4, -0.2) is 49.6 Å². The van der Waals surface area contributed by atoms with Gasteiger partial charge in [-0.15, -0.1) is 10.2 Å². The Morgan fingerprint density at radius 2 is 1.76 bits per heavy atom. The van der Waals surface area contributed by atoms with Gasteiger partial charge in [0, 0.05) is 37.8 Å². The minimum atomic E-state index is -4.59. The number of rotatable bonds is 3. The molecular formula is C23H22F3N7O. The van der Waals surface area contributed by atoms with Crippen molar-refractivity contribution < 1.29 is 18.0 Å². The fourth-order valence-corrected chi connectivity index (χ4v) is 4.36. The van der Waals surface area contributed by atoms with E-state index in [0.29, 0.717) is 49.1 Å². The molecule has 8 nitrogen and oxygen atoms in total. The third kappa shape index (κ3) is 4.50. The monoisotopic (exact) mass is 469 g/mol. The molecule has 0 spiro atoms. The van der Waals surface area contributed by atoms with Gasteiger partial charge in [-0.3, -0.25) is 9.78 Å². The molecule has 1 saturated heterocycles. The van der Waals surface area contributed by atoms with Crippen molar-refractivity contribution in [2.24, 2.45) is 5.10 Å². The Bertz CT molecular complexity index is 1200. The number of piperidine rings is 1. The molecule has 0 atom stereocenters. The highest BCUT2D eigenvalue weighted by molar-refractivity contribution is 6.02. The lowest BCUT2D eigenvalue weighted by molar-refractivity contribution is -0.147. The molecule has 1 fully saturated rings. The first-order valence-electron chi connectivity index (χ1n) is 11.0. The van der Waals surface area contributed by atoms with Crippen molar-refractivity contribution in [1.82, 2.24) is 24.8 Å². The molecule has 176 valence electrons. The zero-order chi connectivity index (χ0) is 23.7. The van der Waals surface area contributed by atoms with Gasteiger partial charge in [0.05, 0.1) is 0 Å². The largest absolute Gasteiger partial charge is 0.453 e. The zero-order valence-electron chi connectivity index (χ0n) is 18.2. The number of pyridine rings is 1. The second-order valence-corrected chi connectivity index (χ2v) is 8.32. The summed E-state index contributed by atoms with van der Waals surface area (Å²) < 4.78 is 40.3. The summed E-state index contributed by atoms with van der Waals surface area (Å²) in [5.74, 6) is -0.133. The lowest BCUT2D eigenvalue weighted by Crippen LogP contribution is -2.40. The summed E-state index contributed by atoms with van der Waals surface area (Å²) in [6.07, 6.45) is -0.365. The highest BCUT2D eigenvalue weighted by atomic mass is 19.4. The molecule has 34 heavy (non-hydrogen) atoms. The van der Waals surface area contributed by atoms with Gasteiger partial charge in [0.1, 0.15) is 11.5 Å². The van der Waals surface area contributed by atoms with Crippen molar-refractivity contribution in [2.75, 3.05) is 18.4 Å². The van der Waals surface area contributed by atoms with Crippen LogP contribution < -0.4 is 5.32 Å². The summed E-state index contributed by atoms with van der Waals surface area (Å²) in [6.45, 7) is 1.42. The van der Waals surface area contributed by atoms with E-state index in [0.717, 1.165) is 17.5 Å². The van der Waals surface area contributed by atoms with Crippen LogP contribution in [0, 0.1) is 0 Å².